The van der Waals surface area contributed by atoms with Gasteiger partial charge in [-0.1, -0.05) is 0 Å². The van der Waals surface area contributed by atoms with E-state index in [1.165, 1.54) is 18.5 Å². The van der Waals surface area contributed by atoms with Gasteiger partial charge < -0.3 is 10.4 Å². The highest BCUT2D eigenvalue weighted by Crippen LogP contribution is 2.13. The van der Waals surface area contributed by atoms with E-state index in [2.05, 4.69) is 15.4 Å². The summed E-state index contributed by atoms with van der Waals surface area (Å²) in [5, 5.41) is 16.4. The molecule has 0 saturated heterocycles. The zero-order chi connectivity index (χ0) is 13.1. The summed E-state index contributed by atoms with van der Waals surface area (Å²) in [6.45, 7) is 2.26. The van der Waals surface area contributed by atoms with Gasteiger partial charge in [0, 0.05) is 31.5 Å². The van der Waals surface area contributed by atoms with E-state index in [0.29, 0.717) is 6.54 Å². The van der Waals surface area contributed by atoms with Crippen molar-refractivity contribution in [3.63, 3.8) is 0 Å². The highest BCUT2D eigenvalue weighted by molar-refractivity contribution is 5.96. The molecular formula is C12H14N4O2. The highest BCUT2D eigenvalue weighted by atomic mass is 16.3. The SMILES string of the molecule is Cc1nn(C)cc1CNC(=O)c1ccncc1O. The van der Waals surface area contributed by atoms with Crippen LogP contribution in [-0.4, -0.2) is 25.8 Å². The molecule has 0 radical (unpaired) electrons. The summed E-state index contributed by atoms with van der Waals surface area (Å²) in [5.74, 6) is -0.462. The van der Waals surface area contributed by atoms with Crippen LogP contribution in [0.2, 0.25) is 0 Å². The molecule has 0 aliphatic heterocycles. The van der Waals surface area contributed by atoms with Gasteiger partial charge in [-0.3, -0.25) is 14.5 Å². The number of hydrogen-bond acceptors (Lipinski definition) is 4. The molecule has 0 atom stereocenters. The van der Waals surface area contributed by atoms with Crippen molar-refractivity contribution in [3.05, 3.63) is 41.5 Å². The molecule has 2 heterocycles. The lowest BCUT2D eigenvalue weighted by Crippen LogP contribution is -2.23. The standard InChI is InChI=1S/C12H14N4O2/c1-8-9(7-16(2)15-8)5-14-12(18)10-3-4-13-6-11(10)17/h3-4,6-7,17H,5H2,1-2H3,(H,14,18). The first-order valence-electron chi connectivity index (χ1n) is 5.48. The van der Waals surface area contributed by atoms with Crippen molar-refractivity contribution >= 4 is 5.91 Å². The molecule has 0 bridgehead atoms. The number of carbonyl (C=O) groups excluding carboxylic acids is 1. The Morgan fingerprint density at radius 2 is 2.33 bits per heavy atom. The van der Waals surface area contributed by atoms with Crippen LogP contribution in [0.3, 0.4) is 0 Å². The minimum absolute atomic E-state index is 0.127. The maximum atomic E-state index is 11.8. The van der Waals surface area contributed by atoms with Gasteiger partial charge >= 0.3 is 0 Å². The van der Waals surface area contributed by atoms with Crippen LogP contribution >= 0.6 is 0 Å². The fourth-order valence-corrected chi connectivity index (χ4v) is 1.67. The molecule has 0 spiro atoms. The normalized spacial score (nSPS) is 10.3. The van der Waals surface area contributed by atoms with Crippen LogP contribution in [0.5, 0.6) is 5.75 Å². The second-order valence-corrected chi connectivity index (χ2v) is 3.99. The number of aromatic hydroxyl groups is 1. The minimum Gasteiger partial charge on any atom is -0.505 e. The number of pyridine rings is 1. The lowest BCUT2D eigenvalue weighted by atomic mass is 10.2. The Bertz CT molecular complexity index is 577. The molecular weight excluding hydrogens is 232 g/mol. The molecule has 2 rings (SSSR count). The molecule has 1 amide bonds. The Morgan fingerprint density at radius 1 is 1.56 bits per heavy atom. The molecule has 0 aliphatic rings. The van der Waals surface area contributed by atoms with E-state index in [4.69, 9.17) is 0 Å². The molecule has 2 N–H and O–H groups in total. The number of rotatable bonds is 3. The zero-order valence-corrected chi connectivity index (χ0v) is 10.2. The number of hydrogen-bond donors (Lipinski definition) is 2. The van der Waals surface area contributed by atoms with E-state index in [1.807, 2.05) is 20.2 Å². The van der Waals surface area contributed by atoms with Crippen LogP contribution < -0.4 is 5.32 Å². The highest BCUT2D eigenvalue weighted by Gasteiger charge is 2.11. The Hall–Kier alpha value is -2.37. The van der Waals surface area contributed by atoms with Crippen molar-refractivity contribution in [2.24, 2.45) is 7.05 Å². The van der Waals surface area contributed by atoms with Crippen LogP contribution in [0.4, 0.5) is 0 Å². The molecule has 0 aliphatic carbocycles. The van der Waals surface area contributed by atoms with Gasteiger partial charge in [-0.25, -0.2) is 0 Å². The van der Waals surface area contributed by atoms with Crippen LogP contribution in [0, 0.1) is 6.92 Å². The summed E-state index contributed by atoms with van der Waals surface area (Å²) in [5.41, 5.74) is 2.03. The molecule has 2 aromatic heterocycles. The number of amides is 1. The minimum atomic E-state index is -0.335. The largest absolute Gasteiger partial charge is 0.505 e. The zero-order valence-electron chi connectivity index (χ0n) is 10.2. The van der Waals surface area contributed by atoms with Crippen LogP contribution in [0.1, 0.15) is 21.6 Å². The third-order valence-corrected chi connectivity index (χ3v) is 2.60. The van der Waals surface area contributed by atoms with Crippen molar-refractivity contribution in [2.75, 3.05) is 0 Å². The molecule has 0 fully saturated rings. The van der Waals surface area contributed by atoms with E-state index in [9.17, 15) is 9.90 Å². The first-order chi connectivity index (χ1) is 8.58. The topological polar surface area (TPSA) is 80.0 Å². The fraction of sp³-hybridized carbons (Fsp3) is 0.250. The molecule has 0 saturated carbocycles. The Labute approximate surface area is 104 Å². The van der Waals surface area contributed by atoms with E-state index in [0.717, 1.165) is 11.3 Å². The summed E-state index contributed by atoms with van der Waals surface area (Å²) >= 11 is 0. The van der Waals surface area contributed by atoms with Crippen LogP contribution in [0.15, 0.2) is 24.7 Å². The van der Waals surface area contributed by atoms with E-state index < -0.39 is 0 Å². The van der Waals surface area contributed by atoms with E-state index >= 15 is 0 Å². The van der Waals surface area contributed by atoms with Gasteiger partial charge in [0.1, 0.15) is 5.75 Å². The Kier molecular flexibility index (Phi) is 3.27. The molecule has 6 heteroatoms. The molecule has 0 unspecified atom stereocenters. The predicted molar refractivity (Wildman–Crippen MR) is 65.0 cm³/mol. The maximum absolute atomic E-state index is 11.8. The summed E-state index contributed by atoms with van der Waals surface area (Å²) in [6.07, 6.45) is 4.55. The summed E-state index contributed by atoms with van der Waals surface area (Å²) in [7, 11) is 1.83. The van der Waals surface area contributed by atoms with Gasteiger partial charge in [0.15, 0.2) is 0 Å². The third kappa shape index (κ3) is 2.48. The molecule has 94 valence electrons. The maximum Gasteiger partial charge on any atom is 0.255 e. The molecule has 0 aromatic carbocycles. The molecule has 18 heavy (non-hydrogen) atoms. The summed E-state index contributed by atoms with van der Waals surface area (Å²) in [4.78, 5) is 15.6. The second-order valence-electron chi connectivity index (χ2n) is 3.99. The van der Waals surface area contributed by atoms with Crippen molar-refractivity contribution in [1.82, 2.24) is 20.1 Å². The van der Waals surface area contributed by atoms with Gasteiger partial charge in [0.25, 0.3) is 5.91 Å². The predicted octanol–water partition coefficient (Wildman–Crippen LogP) is 0.759. The van der Waals surface area contributed by atoms with Gasteiger partial charge in [-0.05, 0) is 13.0 Å². The van der Waals surface area contributed by atoms with E-state index in [-0.39, 0.29) is 17.2 Å². The van der Waals surface area contributed by atoms with Crippen molar-refractivity contribution in [2.45, 2.75) is 13.5 Å². The Balaban J connectivity index is 2.05. The first-order valence-corrected chi connectivity index (χ1v) is 5.48. The number of nitrogens with zero attached hydrogens (tertiary/aromatic N) is 3. The average Bonchev–Trinajstić information content (AvgIpc) is 2.65. The van der Waals surface area contributed by atoms with Crippen LogP contribution in [-0.2, 0) is 13.6 Å². The second kappa shape index (κ2) is 4.87. The molecule has 6 nitrogen and oxygen atoms in total. The summed E-state index contributed by atoms with van der Waals surface area (Å²) in [6, 6.07) is 1.47. The van der Waals surface area contributed by atoms with Gasteiger partial charge in [-0.2, -0.15) is 5.10 Å². The first kappa shape index (κ1) is 12.1. The number of aryl methyl sites for hydroxylation is 2. The van der Waals surface area contributed by atoms with Gasteiger partial charge in [-0.15, -0.1) is 0 Å². The van der Waals surface area contributed by atoms with Crippen molar-refractivity contribution in [3.8, 4) is 5.75 Å². The number of carbonyl (C=O) groups is 1. The van der Waals surface area contributed by atoms with Crippen molar-refractivity contribution < 1.29 is 9.90 Å². The third-order valence-electron chi connectivity index (χ3n) is 2.60. The smallest absolute Gasteiger partial charge is 0.255 e. The quantitative estimate of drug-likeness (QED) is 0.837. The van der Waals surface area contributed by atoms with E-state index in [1.54, 1.807) is 4.68 Å². The number of nitrogens with one attached hydrogen (secondary N) is 1. The molecule has 2 aromatic rings. The van der Waals surface area contributed by atoms with Gasteiger partial charge in [0.2, 0.25) is 0 Å². The number of aromatic nitrogens is 3. The van der Waals surface area contributed by atoms with Crippen molar-refractivity contribution in [1.29, 1.82) is 0 Å². The fourth-order valence-electron chi connectivity index (χ4n) is 1.67. The lowest BCUT2D eigenvalue weighted by molar-refractivity contribution is 0.0948. The average molecular weight is 246 g/mol. The Morgan fingerprint density at radius 3 is 2.94 bits per heavy atom. The summed E-state index contributed by atoms with van der Waals surface area (Å²) < 4.78 is 1.70. The lowest BCUT2D eigenvalue weighted by Gasteiger charge is -2.05. The monoisotopic (exact) mass is 246 g/mol. The van der Waals surface area contributed by atoms with Crippen LogP contribution in [0.25, 0.3) is 0 Å². The van der Waals surface area contributed by atoms with Gasteiger partial charge in [0.05, 0.1) is 17.5 Å².